The van der Waals surface area contributed by atoms with Crippen molar-refractivity contribution in [3.8, 4) is 0 Å². The van der Waals surface area contributed by atoms with Gasteiger partial charge in [0.1, 0.15) is 6.10 Å². The average Bonchev–Trinajstić information content (AvgIpc) is 2.46. The summed E-state index contributed by atoms with van der Waals surface area (Å²) in [7, 11) is 0. The maximum atomic E-state index is 11.5. The molecule has 0 aliphatic carbocycles. The molecule has 0 aromatic carbocycles. The summed E-state index contributed by atoms with van der Waals surface area (Å²) in [5, 5.41) is 9.90. The van der Waals surface area contributed by atoms with E-state index in [1.165, 1.54) is 16.8 Å². The molecule has 2 heterocycles. The lowest BCUT2D eigenvalue weighted by Gasteiger charge is -2.17. The Hall–Kier alpha value is -1.40. The molecule has 0 saturated carbocycles. The quantitative estimate of drug-likeness (QED) is 0.673. The number of nitrogens with zero attached hydrogens (tertiary/aromatic N) is 1. The molecule has 6 heteroatoms. The molecule has 2 rings (SSSR count). The summed E-state index contributed by atoms with van der Waals surface area (Å²) in [4.78, 5) is 24.5. The number of nitrogens with one attached hydrogen (secondary N) is 1. The molecular formula is C10H14N2O4. The maximum Gasteiger partial charge on any atom is 0.330 e. The molecule has 88 valence electrons. The third kappa shape index (κ3) is 1.70. The molecule has 16 heavy (non-hydrogen) atoms. The minimum Gasteiger partial charge on any atom is -0.388 e. The number of ether oxygens (including phenoxy) is 1. The fourth-order valence-corrected chi connectivity index (χ4v) is 1.82. The van der Waals surface area contributed by atoms with E-state index < -0.39 is 23.6 Å². The van der Waals surface area contributed by atoms with Gasteiger partial charge in [0.05, 0.1) is 6.10 Å². The van der Waals surface area contributed by atoms with E-state index in [9.17, 15) is 14.7 Å². The molecule has 0 amide bonds. The first kappa shape index (κ1) is 11.1. The van der Waals surface area contributed by atoms with Crippen molar-refractivity contribution in [2.24, 2.45) is 5.92 Å². The highest BCUT2D eigenvalue weighted by Crippen LogP contribution is 2.32. The van der Waals surface area contributed by atoms with Crippen LogP contribution in [0.25, 0.3) is 0 Å². The van der Waals surface area contributed by atoms with Crippen LogP contribution in [0.4, 0.5) is 0 Å². The van der Waals surface area contributed by atoms with Crippen LogP contribution in [-0.2, 0) is 4.74 Å². The second-order valence-electron chi connectivity index (χ2n) is 4.10. The van der Waals surface area contributed by atoms with E-state index in [4.69, 9.17) is 4.74 Å². The summed E-state index contributed by atoms with van der Waals surface area (Å²) >= 11 is 0. The largest absolute Gasteiger partial charge is 0.388 e. The van der Waals surface area contributed by atoms with Crippen LogP contribution >= 0.6 is 0 Å². The Kier molecular flexibility index (Phi) is 2.69. The Balaban J connectivity index is 2.39. The van der Waals surface area contributed by atoms with Crippen LogP contribution in [-0.4, -0.2) is 26.9 Å². The summed E-state index contributed by atoms with van der Waals surface area (Å²) in [5.74, 6) is -0.0520. The highest BCUT2D eigenvalue weighted by Gasteiger charge is 2.39. The zero-order valence-corrected chi connectivity index (χ0v) is 9.08. The van der Waals surface area contributed by atoms with E-state index in [-0.39, 0.29) is 12.0 Å². The number of aliphatic hydroxyl groups is 1. The van der Waals surface area contributed by atoms with Gasteiger partial charge in [0.25, 0.3) is 5.56 Å². The van der Waals surface area contributed by atoms with Gasteiger partial charge in [0, 0.05) is 18.2 Å². The fourth-order valence-electron chi connectivity index (χ4n) is 1.82. The minimum absolute atomic E-state index is 0.0520. The topological polar surface area (TPSA) is 84.3 Å². The second-order valence-corrected chi connectivity index (χ2v) is 4.10. The first-order chi connectivity index (χ1) is 7.50. The van der Waals surface area contributed by atoms with Gasteiger partial charge in [-0.1, -0.05) is 6.92 Å². The summed E-state index contributed by atoms with van der Waals surface area (Å²) < 4.78 is 6.68. The molecule has 1 aliphatic heterocycles. The molecule has 1 aromatic heterocycles. The number of aliphatic hydroxyl groups excluding tert-OH is 1. The smallest absolute Gasteiger partial charge is 0.330 e. The number of hydrogen-bond acceptors (Lipinski definition) is 4. The molecule has 6 nitrogen and oxygen atoms in total. The Morgan fingerprint density at radius 1 is 1.44 bits per heavy atom. The molecule has 4 atom stereocenters. The molecular weight excluding hydrogens is 212 g/mol. The lowest BCUT2D eigenvalue weighted by molar-refractivity contribution is -0.0349. The molecule has 0 bridgehead atoms. The van der Waals surface area contributed by atoms with Crippen molar-refractivity contribution < 1.29 is 9.84 Å². The molecule has 1 aromatic rings. The third-order valence-corrected chi connectivity index (χ3v) is 3.05. The van der Waals surface area contributed by atoms with Gasteiger partial charge in [0.15, 0.2) is 6.23 Å². The van der Waals surface area contributed by atoms with Gasteiger partial charge in [-0.2, -0.15) is 0 Å². The first-order valence-electron chi connectivity index (χ1n) is 5.15. The second kappa shape index (κ2) is 3.88. The molecule has 1 aliphatic rings. The highest BCUT2D eigenvalue weighted by molar-refractivity contribution is 4.90. The standard InChI is InChI=1S/C10H14N2O4/c1-5-6(2)16-9(8(5)14)12-4-3-7(13)11-10(12)15/h3-6,8-9,14H,1-2H3,(H,11,13,15). The lowest BCUT2D eigenvalue weighted by Crippen LogP contribution is -2.35. The van der Waals surface area contributed by atoms with Gasteiger partial charge in [-0.05, 0) is 6.92 Å². The van der Waals surface area contributed by atoms with E-state index in [2.05, 4.69) is 4.98 Å². The summed E-state index contributed by atoms with van der Waals surface area (Å²) in [6, 6.07) is 1.23. The average molecular weight is 226 g/mol. The number of aromatic amines is 1. The van der Waals surface area contributed by atoms with E-state index in [1.807, 2.05) is 13.8 Å². The van der Waals surface area contributed by atoms with Crippen LogP contribution in [0.2, 0.25) is 0 Å². The van der Waals surface area contributed by atoms with Gasteiger partial charge in [-0.25, -0.2) is 4.79 Å². The third-order valence-electron chi connectivity index (χ3n) is 3.05. The minimum atomic E-state index is -0.751. The maximum absolute atomic E-state index is 11.5. The molecule has 1 fully saturated rings. The molecule has 1 saturated heterocycles. The van der Waals surface area contributed by atoms with Crippen LogP contribution in [0.15, 0.2) is 21.9 Å². The van der Waals surface area contributed by atoms with Crippen LogP contribution in [0.5, 0.6) is 0 Å². The van der Waals surface area contributed by atoms with Crippen LogP contribution in [0.3, 0.4) is 0 Å². The van der Waals surface area contributed by atoms with E-state index >= 15 is 0 Å². The predicted octanol–water partition coefficient (Wildman–Crippen LogP) is -0.549. The normalized spacial score (nSPS) is 34.2. The molecule has 4 unspecified atom stereocenters. The van der Waals surface area contributed by atoms with Crippen LogP contribution in [0, 0.1) is 5.92 Å². The zero-order chi connectivity index (χ0) is 11.9. The van der Waals surface area contributed by atoms with Gasteiger partial charge in [0.2, 0.25) is 0 Å². The SMILES string of the molecule is CC1OC(n2ccc(=O)[nH]c2=O)C(O)C1C. The van der Waals surface area contributed by atoms with E-state index in [0.29, 0.717) is 0 Å². The fraction of sp³-hybridized carbons (Fsp3) is 0.600. The number of hydrogen-bond donors (Lipinski definition) is 2. The van der Waals surface area contributed by atoms with Gasteiger partial charge >= 0.3 is 5.69 Å². The highest BCUT2D eigenvalue weighted by atomic mass is 16.5. The van der Waals surface area contributed by atoms with E-state index in [1.54, 1.807) is 0 Å². The first-order valence-corrected chi connectivity index (χ1v) is 5.15. The zero-order valence-electron chi connectivity index (χ0n) is 9.08. The monoisotopic (exact) mass is 226 g/mol. The summed E-state index contributed by atoms with van der Waals surface area (Å²) in [5.41, 5.74) is -1.03. The molecule has 2 N–H and O–H groups in total. The Morgan fingerprint density at radius 2 is 2.12 bits per heavy atom. The Morgan fingerprint density at radius 3 is 2.62 bits per heavy atom. The van der Waals surface area contributed by atoms with Crippen molar-refractivity contribution in [3.63, 3.8) is 0 Å². The summed E-state index contributed by atoms with van der Waals surface area (Å²) in [6.45, 7) is 3.69. The summed E-state index contributed by atoms with van der Waals surface area (Å²) in [6.07, 6.45) is -0.272. The van der Waals surface area contributed by atoms with Crippen molar-refractivity contribution in [1.82, 2.24) is 9.55 Å². The van der Waals surface area contributed by atoms with Crippen molar-refractivity contribution >= 4 is 0 Å². The number of aromatic nitrogens is 2. The Bertz CT molecular complexity index is 492. The van der Waals surface area contributed by atoms with Gasteiger partial charge in [-0.3, -0.25) is 14.3 Å². The predicted molar refractivity (Wildman–Crippen MR) is 56.1 cm³/mol. The molecule has 0 spiro atoms. The van der Waals surface area contributed by atoms with Crippen LogP contribution in [0.1, 0.15) is 20.1 Å². The number of H-pyrrole nitrogens is 1. The molecule has 0 radical (unpaired) electrons. The lowest BCUT2D eigenvalue weighted by atomic mass is 10.0. The van der Waals surface area contributed by atoms with Gasteiger partial charge < -0.3 is 9.84 Å². The number of rotatable bonds is 1. The van der Waals surface area contributed by atoms with Crippen molar-refractivity contribution in [3.05, 3.63) is 33.1 Å². The Labute approximate surface area is 91.5 Å². The van der Waals surface area contributed by atoms with Crippen LogP contribution < -0.4 is 11.2 Å². The van der Waals surface area contributed by atoms with E-state index in [0.717, 1.165) is 0 Å². The van der Waals surface area contributed by atoms with Crippen molar-refractivity contribution in [2.45, 2.75) is 32.3 Å². The van der Waals surface area contributed by atoms with Crippen molar-refractivity contribution in [1.29, 1.82) is 0 Å². The van der Waals surface area contributed by atoms with Crippen molar-refractivity contribution in [2.75, 3.05) is 0 Å². The van der Waals surface area contributed by atoms with Gasteiger partial charge in [-0.15, -0.1) is 0 Å².